The highest BCUT2D eigenvalue weighted by Crippen LogP contribution is 2.28. The summed E-state index contributed by atoms with van der Waals surface area (Å²) in [6.45, 7) is 1.89. The molecule has 0 saturated heterocycles. The molecule has 8 heteroatoms. The summed E-state index contributed by atoms with van der Waals surface area (Å²) >= 11 is 1.31. The molecule has 4 rings (SSSR count). The molecule has 3 aromatic carbocycles. The first-order valence-electron chi connectivity index (χ1n) is 9.83. The molecular formula is C24H21N3O3S2. The maximum absolute atomic E-state index is 13.1. The predicted octanol–water partition coefficient (Wildman–Crippen LogP) is 5.20. The molecule has 0 aliphatic heterocycles. The van der Waals surface area contributed by atoms with Crippen molar-refractivity contribution in [1.29, 1.82) is 0 Å². The fourth-order valence-corrected chi connectivity index (χ4v) is 5.10. The minimum atomic E-state index is -3.83. The number of thiazole rings is 1. The fraction of sp³-hybridized carbons (Fsp3) is 0.0833. The standard InChI is InChI=1S/C24H21N3O3S2/c1-17-12-14-19(15-13-17)32(29,30)27(2)22-11-7-6-10-20(22)23(28)26-24-25-21(16-31-24)18-8-4-3-5-9-18/h3-16H,1-2H3,(H,25,26,28). The summed E-state index contributed by atoms with van der Waals surface area (Å²) < 4.78 is 27.4. The van der Waals surface area contributed by atoms with Gasteiger partial charge in [-0.3, -0.25) is 14.4 Å². The zero-order valence-electron chi connectivity index (χ0n) is 17.5. The molecule has 0 spiro atoms. The van der Waals surface area contributed by atoms with Crippen LogP contribution >= 0.6 is 11.3 Å². The lowest BCUT2D eigenvalue weighted by atomic mass is 10.1. The third kappa shape index (κ3) is 4.42. The van der Waals surface area contributed by atoms with Crippen LogP contribution in [0.1, 0.15) is 15.9 Å². The van der Waals surface area contributed by atoms with E-state index in [2.05, 4.69) is 10.3 Å². The minimum absolute atomic E-state index is 0.160. The van der Waals surface area contributed by atoms with Gasteiger partial charge in [-0.2, -0.15) is 0 Å². The Hall–Kier alpha value is -3.49. The molecule has 0 aliphatic rings. The molecule has 0 aliphatic carbocycles. The van der Waals surface area contributed by atoms with Gasteiger partial charge in [0, 0.05) is 18.0 Å². The quantitative estimate of drug-likeness (QED) is 0.426. The molecule has 0 bridgehead atoms. The Labute approximate surface area is 191 Å². The summed E-state index contributed by atoms with van der Waals surface area (Å²) in [7, 11) is -2.39. The van der Waals surface area contributed by atoms with Crippen molar-refractivity contribution in [2.24, 2.45) is 0 Å². The number of aromatic nitrogens is 1. The molecule has 0 saturated carbocycles. The topological polar surface area (TPSA) is 79.4 Å². The summed E-state index contributed by atoms with van der Waals surface area (Å²) in [5.41, 5.74) is 3.20. The molecule has 0 fully saturated rings. The molecule has 1 N–H and O–H groups in total. The van der Waals surface area contributed by atoms with Gasteiger partial charge in [0.05, 0.1) is 21.8 Å². The van der Waals surface area contributed by atoms with E-state index in [0.717, 1.165) is 21.1 Å². The summed E-state index contributed by atoms with van der Waals surface area (Å²) in [5, 5.41) is 5.09. The first-order chi connectivity index (χ1) is 15.4. The Kier molecular flexibility index (Phi) is 6.07. The van der Waals surface area contributed by atoms with Crippen LogP contribution in [-0.4, -0.2) is 26.4 Å². The van der Waals surface area contributed by atoms with E-state index in [1.165, 1.54) is 18.4 Å². The van der Waals surface area contributed by atoms with Gasteiger partial charge in [0.2, 0.25) is 0 Å². The van der Waals surface area contributed by atoms with Crippen LogP contribution in [0, 0.1) is 6.92 Å². The normalized spacial score (nSPS) is 11.2. The van der Waals surface area contributed by atoms with E-state index >= 15 is 0 Å². The largest absolute Gasteiger partial charge is 0.298 e. The van der Waals surface area contributed by atoms with Crippen LogP contribution in [0.3, 0.4) is 0 Å². The van der Waals surface area contributed by atoms with Crippen LogP contribution in [0.2, 0.25) is 0 Å². The first-order valence-corrected chi connectivity index (χ1v) is 12.1. The third-order valence-electron chi connectivity index (χ3n) is 4.96. The van der Waals surface area contributed by atoms with Gasteiger partial charge in [0.1, 0.15) is 0 Å². The number of amides is 1. The maximum atomic E-state index is 13.1. The van der Waals surface area contributed by atoms with Crippen molar-refractivity contribution in [2.75, 3.05) is 16.7 Å². The average molecular weight is 464 g/mol. The zero-order chi connectivity index (χ0) is 22.7. The van der Waals surface area contributed by atoms with Crippen molar-refractivity contribution < 1.29 is 13.2 Å². The Morgan fingerprint density at radius 1 is 0.938 bits per heavy atom. The van der Waals surface area contributed by atoms with Gasteiger partial charge < -0.3 is 0 Å². The molecule has 0 atom stereocenters. The second kappa shape index (κ2) is 8.94. The Morgan fingerprint density at radius 2 is 1.59 bits per heavy atom. The first kappa shape index (κ1) is 21.7. The van der Waals surface area contributed by atoms with Crippen LogP contribution in [0.4, 0.5) is 10.8 Å². The SMILES string of the molecule is Cc1ccc(S(=O)(=O)N(C)c2ccccc2C(=O)Nc2nc(-c3ccccc3)cs2)cc1. The summed E-state index contributed by atoms with van der Waals surface area (Å²) in [5.74, 6) is -0.430. The Morgan fingerprint density at radius 3 is 2.31 bits per heavy atom. The van der Waals surface area contributed by atoms with Crippen molar-refractivity contribution in [3.63, 3.8) is 0 Å². The highest BCUT2D eigenvalue weighted by molar-refractivity contribution is 7.92. The molecule has 32 heavy (non-hydrogen) atoms. The molecule has 1 heterocycles. The predicted molar refractivity (Wildman–Crippen MR) is 129 cm³/mol. The number of carbonyl (C=O) groups is 1. The van der Waals surface area contributed by atoms with E-state index < -0.39 is 15.9 Å². The molecular weight excluding hydrogens is 442 g/mol. The van der Waals surface area contributed by atoms with Crippen molar-refractivity contribution in [2.45, 2.75) is 11.8 Å². The van der Waals surface area contributed by atoms with Crippen LogP contribution in [0.5, 0.6) is 0 Å². The van der Waals surface area contributed by atoms with Gasteiger partial charge >= 0.3 is 0 Å². The lowest BCUT2D eigenvalue weighted by molar-refractivity contribution is 0.102. The van der Waals surface area contributed by atoms with Crippen LogP contribution < -0.4 is 9.62 Å². The van der Waals surface area contributed by atoms with Crippen molar-refractivity contribution in [3.8, 4) is 11.3 Å². The number of rotatable bonds is 6. The molecule has 6 nitrogen and oxygen atoms in total. The second-order valence-corrected chi connectivity index (χ2v) is 9.99. The number of benzene rings is 3. The third-order valence-corrected chi connectivity index (χ3v) is 7.50. The van der Waals surface area contributed by atoms with Crippen molar-refractivity contribution >= 4 is 38.1 Å². The zero-order valence-corrected chi connectivity index (χ0v) is 19.2. The summed E-state index contributed by atoms with van der Waals surface area (Å²) in [6, 6.07) is 22.9. The number of para-hydroxylation sites is 1. The monoisotopic (exact) mass is 463 g/mol. The molecule has 0 radical (unpaired) electrons. The van der Waals surface area contributed by atoms with Crippen molar-refractivity contribution in [1.82, 2.24) is 4.98 Å². The number of sulfonamides is 1. The number of aryl methyl sites for hydroxylation is 1. The lowest BCUT2D eigenvalue weighted by Crippen LogP contribution is -2.29. The summed E-state index contributed by atoms with van der Waals surface area (Å²) in [6.07, 6.45) is 0. The van der Waals surface area contributed by atoms with Gasteiger partial charge in [-0.05, 0) is 31.2 Å². The highest BCUT2D eigenvalue weighted by Gasteiger charge is 2.25. The number of anilines is 2. The molecule has 1 aromatic heterocycles. The van der Waals surface area contributed by atoms with E-state index in [1.807, 2.05) is 42.6 Å². The molecule has 0 unspecified atom stereocenters. The number of hydrogen-bond donors (Lipinski definition) is 1. The Bertz CT molecular complexity index is 1350. The van der Waals surface area contributed by atoms with Gasteiger partial charge in [0.15, 0.2) is 5.13 Å². The maximum Gasteiger partial charge on any atom is 0.264 e. The smallest absolute Gasteiger partial charge is 0.264 e. The van der Waals surface area contributed by atoms with Gasteiger partial charge in [0.25, 0.3) is 15.9 Å². The second-order valence-electron chi connectivity index (χ2n) is 7.16. The number of hydrogen-bond acceptors (Lipinski definition) is 5. The van der Waals surface area contributed by atoms with E-state index in [0.29, 0.717) is 5.13 Å². The van der Waals surface area contributed by atoms with Crippen LogP contribution in [0.15, 0.2) is 89.1 Å². The van der Waals surface area contributed by atoms with E-state index in [9.17, 15) is 13.2 Å². The van der Waals surface area contributed by atoms with Gasteiger partial charge in [-0.15, -0.1) is 11.3 Å². The lowest BCUT2D eigenvalue weighted by Gasteiger charge is -2.22. The number of carbonyl (C=O) groups excluding carboxylic acids is 1. The Balaban J connectivity index is 1.60. The minimum Gasteiger partial charge on any atom is -0.298 e. The van der Waals surface area contributed by atoms with Gasteiger partial charge in [-0.25, -0.2) is 13.4 Å². The molecule has 1 amide bonds. The fourth-order valence-electron chi connectivity index (χ4n) is 3.18. The van der Waals surface area contributed by atoms with Gasteiger partial charge in [-0.1, -0.05) is 60.2 Å². The van der Waals surface area contributed by atoms with Crippen LogP contribution in [-0.2, 0) is 10.0 Å². The summed E-state index contributed by atoms with van der Waals surface area (Å²) in [4.78, 5) is 17.7. The molecule has 4 aromatic rings. The van der Waals surface area contributed by atoms with E-state index in [-0.39, 0.29) is 16.1 Å². The van der Waals surface area contributed by atoms with Crippen molar-refractivity contribution in [3.05, 3.63) is 95.4 Å². The molecule has 162 valence electrons. The van der Waals surface area contributed by atoms with E-state index in [1.54, 1.807) is 48.5 Å². The van der Waals surface area contributed by atoms with E-state index in [4.69, 9.17) is 0 Å². The average Bonchev–Trinajstić information content (AvgIpc) is 3.28. The highest BCUT2D eigenvalue weighted by atomic mass is 32.2. The van der Waals surface area contributed by atoms with Crippen LogP contribution in [0.25, 0.3) is 11.3 Å². The number of nitrogens with one attached hydrogen (secondary N) is 1. The number of nitrogens with zero attached hydrogens (tertiary/aromatic N) is 2.